The van der Waals surface area contributed by atoms with E-state index in [4.69, 9.17) is 4.42 Å². The van der Waals surface area contributed by atoms with Crippen LogP contribution in [0.4, 0.5) is 4.39 Å². The summed E-state index contributed by atoms with van der Waals surface area (Å²) in [6.07, 6.45) is 1.43. The number of nitrogens with zero attached hydrogens (tertiary/aromatic N) is 1. The molecule has 1 amide bonds. The molecule has 0 aliphatic rings. The van der Waals surface area contributed by atoms with E-state index in [0.29, 0.717) is 5.56 Å². The number of carbonyl (C=O) groups is 1. The standard InChI is InChI=1S/C13H12FNO2/c1-15(13(16)12-7-4-8-17-12)9-10-5-2-3-6-11(10)14/h2-8H,9H2,1H3. The zero-order chi connectivity index (χ0) is 12.3. The quantitative estimate of drug-likeness (QED) is 0.816. The van der Waals surface area contributed by atoms with Gasteiger partial charge in [-0.15, -0.1) is 0 Å². The summed E-state index contributed by atoms with van der Waals surface area (Å²) in [5.74, 6) is -0.325. The van der Waals surface area contributed by atoms with Crippen LogP contribution in [0.15, 0.2) is 47.1 Å². The van der Waals surface area contributed by atoms with Crippen molar-refractivity contribution in [2.45, 2.75) is 6.54 Å². The Balaban J connectivity index is 2.10. The van der Waals surface area contributed by atoms with E-state index in [0.717, 1.165) is 0 Å². The van der Waals surface area contributed by atoms with Crippen molar-refractivity contribution in [3.05, 3.63) is 59.8 Å². The maximum atomic E-state index is 13.4. The number of furan rings is 1. The Morgan fingerprint density at radius 3 is 2.71 bits per heavy atom. The van der Waals surface area contributed by atoms with Crippen LogP contribution < -0.4 is 0 Å². The van der Waals surface area contributed by atoms with Crippen LogP contribution in [0.2, 0.25) is 0 Å². The Kier molecular flexibility index (Phi) is 3.23. The van der Waals surface area contributed by atoms with Crippen molar-refractivity contribution in [1.82, 2.24) is 4.90 Å². The highest BCUT2D eigenvalue weighted by molar-refractivity contribution is 5.91. The predicted molar refractivity (Wildman–Crippen MR) is 60.9 cm³/mol. The Bertz CT molecular complexity index is 508. The summed E-state index contributed by atoms with van der Waals surface area (Å²) in [5.41, 5.74) is 0.481. The van der Waals surface area contributed by atoms with E-state index in [2.05, 4.69) is 0 Å². The van der Waals surface area contributed by atoms with Gasteiger partial charge in [0.05, 0.1) is 6.26 Å². The molecule has 0 unspecified atom stereocenters. The lowest BCUT2D eigenvalue weighted by molar-refractivity contribution is 0.0752. The summed E-state index contributed by atoms with van der Waals surface area (Å²) in [7, 11) is 1.61. The smallest absolute Gasteiger partial charge is 0.289 e. The molecule has 0 aliphatic carbocycles. The summed E-state index contributed by atoms with van der Waals surface area (Å²) in [4.78, 5) is 13.2. The molecule has 3 nitrogen and oxygen atoms in total. The molecule has 1 aromatic carbocycles. The normalized spacial score (nSPS) is 10.2. The molecule has 1 aromatic heterocycles. The SMILES string of the molecule is CN(Cc1ccccc1F)C(=O)c1ccco1. The number of benzene rings is 1. The van der Waals surface area contributed by atoms with Crippen LogP contribution in [0.3, 0.4) is 0 Å². The van der Waals surface area contributed by atoms with Crippen molar-refractivity contribution in [3.63, 3.8) is 0 Å². The third kappa shape index (κ3) is 2.53. The first-order valence-corrected chi connectivity index (χ1v) is 5.21. The van der Waals surface area contributed by atoms with E-state index in [-0.39, 0.29) is 24.0 Å². The Morgan fingerprint density at radius 2 is 2.06 bits per heavy atom. The molecule has 0 saturated heterocycles. The van der Waals surface area contributed by atoms with Crippen LogP contribution >= 0.6 is 0 Å². The minimum atomic E-state index is -0.313. The Labute approximate surface area is 98.5 Å². The molecule has 0 N–H and O–H groups in total. The van der Waals surface area contributed by atoms with Crippen LogP contribution in [-0.2, 0) is 6.54 Å². The second kappa shape index (κ2) is 4.82. The summed E-state index contributed by atoms with van der Waals surface area (Å²) in [5, 5.41) is 0. The van der Waals surface area contributed by atoms with Gasteiger partial charge in [0.15, 0.2) is 5.76 Å². The van der Waals surface area contributed by atoms with Crippen molar-refractivity contribution in [2.75, 3.05) is 7.05 Å². The lowest BCUT2D eigenvalue weighted by atomic mass is 10.2. The Morgan fingerprint density at radius 1 is 1.29 bits per heavy atom. The summed E-state index contributed by atoms with van der Waals surface area (Å²) >= 11 is 0. The van der Waals surface area contributed by atoms with E-state index in [9.17, 15) is 9.18 Å². The average molecular weight is 233 g/mol. The molecule has 0 saturated carbocycles. The number of carbonyl (C=O) groups excluding carboxylic acids is 1. The fraction of sp³-hybridized carbons (Fsp3) is 0.154. The van der Waals surface area contributed by atoms with Crippen molar-refractivity contribution >= 4 is 5.91 Å². The fourth-order valence-electron chi connectivity index (χ4n) is 1.54. The van der Waals surface area contributed by atoms with Gasteiger partial charge in [0.2, 0.25) is 0 Å². The lowest BCUT2D eigenvalue weighted by Crippen LogP contribution is -2.26. The summed E-state index contributed by atoms with van der Waals surface area (Å²) in [6, 6.07) is 9.61. The van der Waals surface area contributed by atoms with Gasteiger partial charge in [0.25, 0.3) is 5.91 Å². The first-order valence-electron chi connectivity index (χ1n) is 5.21. The molecule has 4 heteroatoms. The van der Waals surface area contributed by atoms with Crippen molar-refractivity contribution in [3.8, 4) is 0 Å². The van der Waals surface area contributed by atoms with Gasteiger partial charge in [-0.25, -0.2) is 4.39 Å². The molecule has 0 radical (unpaired) electrons. The molecule has 0 spiro atoms. The molecular formula is C13H12FNO2. The van der Waals surface area contributed by atoms with E-state index < -0.39 is 0 Å². The van der Waals surface area contributed by atoms with E-state index >= 15 is 0 Å². The van der Waals surface area contributed by atoms with Gasteiger partial charge in [-0.1, -0.05) is 18.2 Å². The molecule has 88 valence electrons. The number of hydrogen-bond acceptors (Lipinski definition) is 2. The topological polar surface area (TPSA) is 33.5 Å². The highest BCUT2D eigenvalue weighted by Crippen LogP contribution is 2.11. The number of rotatable bonds is 3. The van der Waals surface area contributed by atoms with Gasteiger partial charge in [-0.3, -0.25) is 4.79 Å². The van der Waals surface area contributed by atoms with E-state index in [1.54, 1.807) is 37.4 Å². The zero-order valence-electron chi connectivity index (χ0n) is 9.39. The first kappa shape index (κ1) is 11.4. The number of halogens is 1. The maximum absolute atomic E-state index is 13.4. The lowest BCUT2D eigenvalue weighted by Gasteiger charge is -2.16. The molecule has 0 aliphatic heterocycles. The zero-order valence-corrected chi connectivity index (χ0v) is 9.39. The molecule has 17 heavy (non-hydrogen) atoms. The average Bonchev–Trinajstić information content (AvgIpc) is 2.84. The summed E-state index contributed by atoms with van der Waals surface area (Å²) < 4.78 is 18.4. The fourth-order valence-corrected chi connectivity index (χ4v) is 1.54. The maximum Gasteiger partial charge on any atom is 0.289 e. The number of amides is 1. The van der Waals surface area contributed by atoms with Crippen LogP contribution in [-0.4, -0.2) is 17.9 Å². The molecule has 0 fully saturated rings. The molecule has 2 rings (SSSR count). The molecule has 0 atom stereocenters. The van der Waals surface area contributed by atoms with Crippen LogP contribution in [0.1, 0.15) is 16.1 Å². The molecular weight excluding hydrogens is 221 g/mol. The van der Waals surface area contributed by atoms with Crippen LogP contribution in [0.5, 0.6) is 0 Å². The highest BCUT2D eigenvalue weighted by Gasteiger charge is 2.15. The Hall–Kier alpha value is -2.10. The molecule has 1 heterocycles. The largest absolute Gasteiger partial charge is 0.459 e. The minimum Gasteiger partial charge on any atom is -0.459 e. The van der Waals surface area contributed by atoms with Gasteiger partial charge in [-0.05, 0) is 18.2 Å². The van der Waals surface area contributed by atoms with Crippen molar-refractivity contribution in [1.29, 1.82) is 0 Å². The molecule has 0 bridgehead atoms. The highest BCUT2D eigenvalue weighted by atomic mass is 19.1. The first-order chi connectivity index (χ1) is 8.18. The van der Waals surface area contributed by atoms with E-state index in [1.165, 1.54) is 17.2 Å². The third-order valence-corrected chi connectivity index (χ3v) is 2.44. The van der Waals surface area contributed by atoms with Crippen molar-refractivity contribution in [2.24, 2.45) is 0 Å². The minimum absolute atomic E-state index is 0.214. The van der Waals surface area contributed by atoms with Gasteiger partial charge < -0.3 is 9.32 Å². The third-order valence-electron chi connectivity index (χ3n) is 2.44. The molecule has 2 aromatic rings. The van der Waals surface area contributed by atoms with E-state index in [1.807, 2.05) is 0 Å². The summed E-state index contributed by atoms with van der Waals surface area (Å²) in [6.45, 7) is 0.214. The van der Waals surface area contributed by atoms with Crippen LogP contribution in [0.25, 0.3) is 0 Å². The predicted octanol–water partition coefficient (Wildman–Crippen LogP) is 2.69. The van der Waals surface area contributed by atoms with Gasteiger partial charge in [0.1, 0.15) is 5.82 Å². The number of hydrogen-bond donors (Lipinski definition) is 0. The second-order valence-electron chi connectivity index (χ2n) is 3.73. The monoisotopic (exact) mass is 233 g/mol. The second-order valence-corrected chi connectivity index (χ2v) is 3.73. The van der Waals surface area contributed by atoms with Gasteiger partial charge >= 0.3 is 0 Å². The van der Waals surface area contributed by atoms with Crippen LogP contribution in [0, 0.1) is 5.82 Å². The van der Waals surface area contributed by atoms with Crippen molar-refractivity contribution < 1.29 is 13.6 Å². The van der Waals surface area contributed by atoms with Gasteiger partial charge in [0, 0.05) is 19.2 Å². The van der Waals surface area contributed by atoms with Gasteiger partial charge in [-0.2, -0.15) is 0 Å².